The third-order valence-electron chi connectivity index (χ3n) is 3.80. The summed E-state index contributed by atoms with van der Waals surface area (Å²) in [5.41, 5.74) is 2.54. The molecule has 1 aromatic heterocycles. The average molecular weight is 358 g/mol. The van der Waals surface area contributed by atoms with Gasteiger partial charge in [-0.3, -0.25) is 19.9 Å². The van der Waals surface area contributed by atoms with Crippen LogP contribution in [0.2, 0.25) is 0 Å². The number of aryl methyl sites for hydroxylation is 1. The topological polar surface area (TPSA) is 88.5 Å². The van der Waals surface area contributed by atoms with Crippen molar-refractivity contribution in [2.45, 2.75) is 24.7 Å². The molecule has 0 spiro atoms. The standard InChI is InChI=1S/C18H18N2O4S/c1-11-6-7-19-14(8-11)15(21)10-24-13-4-2-12(3-5-13)9-16-17(22)20-18(23)25-16/h2-8,15-16,21H,9-10H2,1H3,(H,20,22,23). The van der Waals surface area contributed by atoms with Crippen molar-refractivity contribution in [1.29, 1.82) is 0 Å². The molecule has 2 aromatic rings. The molecular formula is C18H18N2O4S. The Balaban J connectivity index is 1.54. The van der Waals surface area contributed by atoms with Crippen molar-refractivity contribution in [1.82, 2.24) is 10.3 Å². The Labute approximate surface area is 149 Å². The number of aromatic nitrogens is 1. The number of imide groups is 1. The molecule has 2 atom stereocenters. The zero-order valence-corrected chi connectivity index (χ0v) is 14.5. The number of aliphatic hydroxyl groups excluding tert-OH is 1. The van der Waals surface area contributed by atoms with Gasteiger partial charge in [-0.25, -0.2) is 0 Å². The van der Waals surface area contributed by atoms with Crippen LogP contribution in [0.15, 0.2) is 42.6 Å². The lowest BCUT2D eigenvalue weighted by Crippen LogP contribution is -2.25. The molecule has 7 heteroatoms. The van der Waals surface area contributed by atoms with Crippen LogP contribution < -0.4 is 10.1 Å². The first-order valence-corrected chi connectivity index (χ1v) is 8.73. The van der Waals surface area contributed by atoms with E-state index in [1.165, 1.54) is 0 Å². The fourth-order valence-electron chi connectivity index (χ4n) is 2.47. The lowest BCUT2D eigenvalue weighted by Gasteiger charge is -2.13. The van der Waals surface area contributed by atoms with Crippen LogP contribution in [-0.4, -0.2) is 33.1 Å². The SMILES string of the molecule is Cc1ccnc(C(O)COc2ccc(CC3SC(=O)NC3=O)cc2)c1. The molecule has 0 aliphatic carbocycles. The number of amides is 2. The molecule has 1 aliphatic rings. The number of hydrogen-bond acceptors (Lipinski definition) is 6. The van der Waals surface area contributed by atoms with Crippen molar-refractivity contribution in [3.8, 4) is 5.75 Å². The van der Waals surface area contributed by atoms with Crippen LogP contribution in [0.3, 0.4) is 0 Å². The van der Waals surface area contributed by atoms with E-state index in [0.29, 0.717) is 17.9 Å². The Morgan fingerprint density at radius 3 is 2.68 bits per heavy atom. The van der Waals surface area contributed by atoms with E-state index in [1.807, 2.05) is 31.2 Å². The van der Waals surface area contributed by atoms with Crippen molar-refractivity contribution >= 4 is 22.9 Å². The second-order valence-electron chi connectivity index (χ2n) is 5.82. The Kier molecular flexibility index (Phi) is 5.35. The first-order valence-electron chi connectivity index (χ1n) is 7.85. The number of thioether (sulfide) groups is 1. The Bertz CT molecular complexity index is 779. The summed E-state index contributed by atoms with van der Waals surface area (Å²) in [7, 11) is 0. The number of rotatable bonds is 6. The van der Waals surface area contributed by atoms with Crippen molar-refractivity contribution in [2.75, 3.05) is 6.61 Å². The summed E-state index contributed by atoms with van der Waals surface area (Å²) in [6, 6.07) is 11.0. The molecule has 3 rings (SSSR count). The lowest BCUT2D eigenvalue weighted by molar-refractivity contribution is -0.118. The predicted molar refractivity (Wildman–Crippen MR) is 94.5 cm³/mol. The molecule has 1 fully saturated rings. The molecule has 130 valence electrons. The smallest absolute Gasteiger partial charge is 0.286 e. The quantitative estimate of drug-likeness (QED) is 0.824. The molecule has 1 aliphatic heterocycles. The summed E-state index contributed by atoms with van der Waals surface area (Å²) in [5, 5.41) is 11.7. The van der Waals surface area contributed by atoms with Crippen molar-refractivity contribution in [2.24, 2.45) is 0 Å². The number of ether oxygens (including phenoxy) is 1. The van der Waals surface area contributed by atoms with Crippen LogP contribution >= 0.6 is 11.8 Å². The van der Waals surface area contributed by atoms with Gasteiger partial charge in [0, 0.05) is 6.20 Å². The summed E-state index contributed by atoms with van der Waals surface area (Å²) in [5.74, 6) is 0.374. The maximum atomic E-state index is 11.6. The Hall–Kier alpha value is -2.38. The number of pyridine rings is 1. The minimum Gasteiger partial charge on any atom is -0.490 e. The molecule has 2 N–H and O–H groups in total. The summed E-state index contributed by atoms with van der Waals surface area (Å²) in [6.45, 7) is 2.04. The molecule has 25 heavy (non-hydrogen) atoms. The van der Waals surface area contributed by atoms with Gasteiger partial charge in [-0.15, -0.1) is 0 Å². The minimum atomic E-state index is -0.802. The van der Waals surface area contributed by atoms with E-state index < -0.39 is 6.10 Å². The predicted octanol–water partition coefficient (Wildman–Crippen LogP) is 2.40. The molecule has 1 aromatic carbocycles. The number of carbonyl (C=O) groups is 2. The average Bonchev–Trinajstić information content (AvgIpc) is 2.91. The lowest BCUT2D eigenvalue weighted by atomic mass is 10.1. The molecule has 1 saturated heterocycles. The monoisotopic (exact) mass is 358 g/mol. The Morgan fingerprint density at radius 2 is 2.04 bits per heavy atom. The number of aliphatic hydroxyl groups is 1. The third-order valence-corrected chi connectivity index (χ3v) is 4.78. The van der Waals surface area contributed by atoms with Crippen molar-refractivity contribution in [3.05, 3.63) is 59.4 Å². The fraction of sp³-hybridized carbons (Fsp3) is 0.278. The number of hydrogen-bond donors (Lipinski definition) is 2. The van der Waals surface area contributed by atoms with E-state index in [2.05, 4.69) is 10.3 Å². The zero-order chi connectivity index (χ0) is 17.8. The molecule has 0 bridgehead atoms. The summed E-state index contributed by atoms with van der Waals surface area (Å²) in [4.78, 5) is 26.9. The maximum Gasteiger partial charge on any atom is 0.286 e. The van der Waals surface area contributed by atoms with Gasteiger partial charge in [-0.05, 0) is 48.7 Å². The van der Waals surface area contributed by atoms with Crippen molar-refractivity contribution < 1.29 is 19.4 Å². The summed E-state index contributed by atoms with van der Waals surface area (Å²) >= 11 is 1.01. The first kappa shape index (κ1) is 17.4. The van der Waals surface area contributed by atoms with Gasteiger partial charge >= 0.3 is 0 Å². The van der Waals surface area contributed by atoms with Gasteiger partial charge in [0.25, 0.3) is 5.24 Å². The number of nitrogens with one attached hydrogen (secondary N) is 1. The zero-order valence-electron chi connectivity index (χ0n) is 13.6. The highest BCUT2D eigenvalue weighted by Gasteiger charge is 2.31. The maximum absolute atomic E-state index is 11.6. The van der Waals surface area contributed by atoms with E-state index >= 15 is 0 Å². The van der Waals surface area contributed by atoms with Gasteiger partial charge in [-0.1, -0.05) is 23.9 Å². The Morgan fingerprint density at radius 1 is 1.28 bits per heavy atom. The summed E-state index contributed by atoms with van der Waals surface area (Å²) in [6.07, 6.45) is 1.34. The number of nitrogens with zero attached hydrogens (tertiary/aromatic N) is 1. The molecule has 2 amide bonds. The van der Waals surface area contributed by atoms with Crippen LogP contribution in [0.5, 0.6) is 5.75 Å². The fourth-order valence-corrected chi connectivity index (χ4v) is 3.33. The van der Waals surface area contributed by atoms with E-state index in [0.717, 1.165) is 22.9 Å². The second kappa shape index (κ2) is 7.67. The van der Waals surface area contributed by atoms with Crippen molar-refractivity contribution in [3.63, 3.8) is 0 Å². The number of benzene rings is 1. The van der Waals surface area contributed by atoms with E-state index in [1.54, 1.807) is 18.3 Å². The second-order valence-corrected chi connectivity index (χ2v) is 6.99. The van der Waals surface area contributed by atoms with E-state index in [4.69, 9.17) is 4.74 Å². The van der Waals surface area contributed by atoms with Gasteiger partial charge in [-0.2, -0.15) is 0 Å². The van der Waals surface area contributed by atoms with Gasteiger partial charge < -0.3 is 9.84 Å². The highest BCUT2D eigenvalue weighted by molar-refractivity contribution is 8.15. The van der Waals surface area contributed by atoms with Gasteiger partial charge in [0.2, 0.25) is 5.91 Å². The van der Waals surface area contributed by atoms with Crippen LogP contribution in [0.4, 0.5) is 4.79 Å². The highest BCUT2D eigenvalue weighted by Crippen LogP contribution is 2.24. The van der Waals surface area contributed by atoms with Crippen LogP contribution in [0.25, 0.3) is 0 Å². The van der Waals surface area contributed by atoms with Gasteiger partial charge in [0.15, 0.2) is 0 Å². The molecule has 2 heterocycles. The normalized spacial score (nSPS) is 18.1. The highest BCUT2D eigenvalue weighted by atomic mass is 32.2. The first-order chi connectivity index (χ1) is 12.0. The molecule has 0 saturated carbocycles. The minimum absolute atomic E-state index is 0.102. The van der Waals surface area contributed by atoms with Crippen LogP contribution in [-0.2, 0) is 11.2 Å². The van der Waals surface area contributed by atoms with E-state index in [-0.39, 0.29) is 23.0 Å². The largest absolute Gasteiger partial charge is 0.490 e. The number of carbonyl (C=O) groups excluding carboxylic acids is 2. The molecule has 6 nitrogen and oxygen atoms in total. The van der Waals surface area contributed by atoms with Crippen LogP contribution in [0.1, 0.15) is 22.9 Å². The summed E-state index contributed by atoms with van der Waals surface area (Å²) < 4.78 is 5.60. The van der Waals surface area contributed by atoms with Gasteiger partial charge in [0.05, 0.1) is 10.9 Å². The van der Waals surface area contributed by atoms with Crippen LogP contribution in [0, 0.1) is 6.92 Å². The molecule has 0 radical (unpaired) electrons. The van der Waals surface area contributed by atoms with E-state index in [9.17, 15) is 14.7 Å². The molecule has 2 unspecified atom stereocenters. The molecular weight excluding hydrogens is 340 g/mol. The van der Waals surface area contributed by atoms with Gasteiger partial charge in [0.1, 0.15) is 18.5 Å². The third kappa shape index (κ3) is 4.58.